The van der Waals surface area contributed by atoms with E-state index < -0.39 is 0 Å². The molecule has 0 heterocycles. The summed E-state index contributed by atoms with van der Waals surface area (Å²) in [5, 5.41) is 0. The van der Waals surface area contributed by atoms with Crippen LogP contribution in [0.4, 0.5) is 0 Å². The molecule has 3 heteroatoms. The van der Waals surface area contributed by atoms with Crippen molar-refractivity contribution in [3.63, 3.8) is 0 Å². The summed E-state index contributed by atoms with van der Waals surface area (Å²) in [7, 11) is 0. The SMILES string of the molecule is C=C/C([C-]=O)=C\C(=C)C.CCC(=O)C(C)C.[CH2-]C.[U+2]. The van der Waals surface area contributed by atoms with Crippen LogP contribution in [0.3, 0.4) is 0 Å². The monoisotopic (exact) mass is 488 g/mol. The van der Waals surface area contributed by atoms with Crippen molar-refractivity contribution in [3.8, 4) is 0 Å². The van der Waals surface area contributed by atoms with Crippen molar-refractivity contribution in [2.45, 2.75) is 41.0 Å². The van der Waals surface area contributed by atoms with Gasteiger partial charge in [-0.25, -0.2) is 0 Å². The molecule has 106 valence electrons. The van der Waals surface area contributed by atoms with Gasteiger partial charge in [-0.05, 0) is 0 Å². The van der Waals surface area contributed by atoms with Crippen LogP contribution < -0.4 is 0 Å². The van der Waals surface area contributed by atoms with Crippen molar-refractivity contribution >= 4 is 12.1 Å². The quantitative estimate of drug-likeness (QED) is 0.330. The Morgan fingerprint density at radius 1 is 1.37 bits per heavy atom. The van der Waals surface area contributed by atoms with Crippen molar-refractivity contribution in [1.82, 2.24) is 0 Å². The Kier molecular flexibility index (Phi) is 28.4. The Balaban J connectivity index is -0.000000102. The molecule has 0 aliphatic heterocycles. The molecule has 0 fully saturated rings. The van der Waals surface area contributed by atoms with E-state index >= 15 is 0 Å². The van der Waals surface area contributed by atoms with E-state index in [9.17, 15) is 9.59 Å². The van der Waals surface area contributed by atoms with E-state index in [2.05, 4.69) is 20.1 Å². The molecule has 0 amide bonds. The zero-order valence-electron chi connectivity index (χ0n) is 12.9. The summed E-state index contributed by atoms with van der Waals surface area (Å²) in [5.41, 5.74) is 1.27. The maximum atomic E-state index is 10.5. The zero-order valence-corrected chi connectivity index (χ0v) is 17.0. The fourth-order valence-corrected chi connectivity index (χ4v) is 0.804. The largest absolute Gasteiger partial charge is 2.00 e. The van der Waals surface area contributed by atoms with E-state index in [4.69, 9.17) is 0 Å². The van der Waals surface area contributed by atoms with Gasteiger partial charge in [0.1, 0.15) is 5.78 Å². The third-order valence-corrected chi connectivity index (χ3v) is 1.73. The van der Waals surface area contributed by atoms with E-state index in [0.29, 0.717) is 17.8 Å². The average Bonchev–Trinajstić information content (AvgIpc) is 2.37. The number of ketones is 1. The van der Waals surface area contributed by atoms with Crippen LogP contribution in [0.2, 0.25) is 0 Å². The van der Waals surface area contributed by atoms with Crippen molar-refractivity contribution < 1.29 is 40.7 Å². The average molecular weight is 488 g/mol. The number of carbonyl (C=O) groups excluding carboxylic acids is 2. The molecule has 0 rings (SSSR count). The summed E-state index contributed by atoms with van der Waals surface area (Å²) >= 11 is 0. The summed E-state index contributed by atoms with van der Waals surface area (Å²) in [6, 6.07) is 0. The van der Waals surface area contributed by atoms with Crippen LogP contribution in [0.1, 0.15) is 41.0 Å². The number of Topliss-reactive ketones (excluding diaryl/α,β-unsaturated/α-hetero) is 1. The van der Waals surface area contributed by atoms with Gasteiger partial charge in [0.2, 0.25) is 0 Å². The molecular formula is C16H26O2U. The van der Waals surface area contributed by atoms with Gasteiger partial charge in [0.15, 0.2) is 0 Å². The zero-order chi connectivity index (χ0) is 15.1. The molecule has 0 spiro atoms. The fraction of sp³-hybridized carbons (Fsp3) is 0.438. The Morgan fingerprint density at radius 2 is 1.79 bits per heavy atom. The standard InChI is InChI=1S/C8H9O.C6H12O.C2H5.U/c1-4-8(6-9)5-7(2)3;1-4-6(7)5(2)3;1-2;/h4-5H,1-2H2,3H3;5H,4H2,1-3H3;1H2,2H3;/q-1;;-1;+2/b8-5+;;;. The van der Waals surface area contributed by atoms with Crippen molar-refractivity contribution in [2.75, 3.05) is 0 Å². The molecule has 0 aromatic rings. The maximum absolute atomic E-state index is 10.5. The topological polar surface area (TPSA) is 34.1 Å². The molecule has 0 aliphatic carbocycles. The minimum Gasteiger partial charge on any atom is -0.376 e. The normalized spacial score (nSPS) is 8.89. The summed E-state index contributed by atoms with van der Waals surface area (Å²) in [6.07, 6.45) is 5.46. The van der Waals surface area contributed by atoms with Gasteiger partial charge < -0.3 is 11.7 Å². The number of hydrogen-bond acceptors (Lipinski definition) is 2. The van der Waals surface area contributed by atoms with Crippen LogP contribution in [-0.2, 0) is 9.59 Å². The summed E-state index contributed by atoms with van der Waals surface area (Å²) < 4.78 is 0. The van der Waals surface area contributed by atoms with E-state index in [1.165, 1.54) is 6.08 Å². The molecule has 0 unspecified atom stereocenters. The first-order chi connectivity index (χ1) is 8.38. The van der Waals surface area contributed by atoms with Gasteiger partial charge in [-0.15, -0.1) is 12.2 Å². The van der Waals surface area contributed by atoms with Crippen LogP contribution in [0.25, 0.3) is 0 Å². The molecule has 0 atom stereocenters. The molecule has 0 bridgehead atoms. The van der Waals surface area contributed by atoms with Gasteiger partial charge in [-0.3, -0.25) is 4.79 Å². The number of allylic oxidation sites excluding steroid dienone is 4. The molecule has 0 aromatic carbocycles. The van der Waals surface area contributed by atoms with Crippen LogP contribution in [0.5, 0.6) is 0 Å². The Morgan fingerprint density at radius 3 is 1.84 bits per heavy atom. The van der Waals surface area contributed by atoms with Gasteiger partial charge in [0.05, 0.1) is 6.29 Å². The molecule has 0 aromatic heterocycles. The first-order valence-electron chi connectivity index (χ1n) is 6.00. The van der Waals surface area contributed by atoms with Gasteiger partial charge in [0, 0.05) is 12.3 Å². The minimum atomic E-state index is 0. The maximum Gasteiger partial charge on any atom is 2.00 e. The van der Waals surface area contributed by atoms with Crippen molar-refractivity contribution in [3.05, 3.63) is 43.4 Å². The van der Waals surface area contributed by atoms with Crippen LogP contribution in [0.15, 0.2) is 36.5 Å². The molecule has 2 nitrogen and oxygen atoms in total. The minimum absolute atomic E-state index is 0. The first kappa shape index (κ1) is 27.0. The third-order valence-electron chi connectivity index (χ3n) is 1.73. The van der Waals surface area contributed by atoms with Gasteiger partial charge >= 0.3 is 31.1 Å². The van der Waals surface area contributed by atoms with Crippen LogP contribution >= 0.6 is 0 Å². The number of hydrogen-bond donors (Lipinski definition) is 0. The summed E-state index contributed by atoms with van der Waals surface area (Å²) in [5.74, 6) is 0.574. The van der Waals surface area contributed by atoms with E-state index in [1.807, 2.05) is 20.8 Å². The number of carbonyl (C=O) groups is 1. The van der Waals surface area contributed by atoms with Gasteiger partial charge in [-0.2, -0.15) is 31.2 Å². The Bertz CT molecular complexity index is 279. The molecule has 0 saturated heterocycles. The van der Waals surface area contributed by atoms with E-state index in [1.54, 1.807) is 26.2 Å². The van der Waals surface area contributed by atoms with Gasteiger partial charge in [0.25, 0.3) is 0 Å². The number of rotatable bonds is 5. The molecule has 0 saturated carbocycles. The predicted molar refractivity (Wildman–Crippen MR) is 80.0 cm³/mol. The second-order valence-corrected chi connectivity index (χ2v) is 3.73. The van der Waals surface area contributed by atoms with E-state index in [0.717, 1.165) is 5.57 Å². The van der Waals surface area contributed by atoms with E-state index in [-0.39, 0.29) is 37.0 Å². The molecule has 0 N–H and O–H groups in total. The van der Waals surface area contributed by atoms with Crippen molar-refractivity contribution in [2.24, 2.45) is 5.92 Å². The third kappa shape index (κ3) is 23.2. The fourth-order valence-electron chi connectivity index (χ4n) is 0.804. The summed E-state index contributed by atoms with van der Waals surface area (Å²) in [4.78, 5) is 20.5. The molecule has 0 radical (unpaired) electrons. The Labute approximate surface area is 142 Å². The van der Waals surface area contributed by atoms with Crippen LogP contribution in [-0.4, -0.2) is 12.1 Å². The Hall–Kier alpha value is -0.388. The summed E-state index contributed by atoms with van der Waals surface area (Å²) in [6.45, 7) is 19.5. The smallest absolute Gasteiger partial charge is 0.376 e. The second kappa shape index (κ2) is 19.9. The van der Waals surface area contributed by atoms with Crippen molar-refractivity contribution in [1.29, 1.82) is 0 Å². The molecule has 0 aliphatic rings. The van der Waals surface area contributed by atoms with Gasteiger partial charge in [-0.1, -0.05) is 27.7 Å². The predicted octanol–water partition coefficient (Wildman–Crippen LogP) is 4.25. The molecule has 19 heavy (non-hydrogen) atoms. The first-order valence-corrected chi connectivity index (χ1v) is 6.00. The van der Waals surface area contributed by atoms with Crippen LogP contribution in [0, 0.1) is 44.0 Å². The second-order valence-electron chi connectivity index (χ2n) is 3.73. The molecular weight excluding hydrogens is 462 g/mol.